The van der Waals surface area contributed by atoms with Crippen LogP contribution < -0.4 is 0 Å². The number of benzene rings is 2. The van der Waals surface area contributed by atoms with Crippen LogP contribution in [0.4, 0.5) is 5.69 Å². The number of H-pyrrole nitrogens is 1. The molecule has 0 unspecified atom stereocenters. The van der Waals surface area contributed by atoms with Crippen molar-refractivity contribution in [2.75, 3.05) is 26.8 Å². The second kappa shape index (κ2) is 8.32. The summed E-state index contributed by atoms with van der Waals surface area (Å²) in [5.74, 6) is -0.210. The van der Waals surface area contributed by atoms with Crippen molar-refractivity contribution in [3.63, 3.8) is 0 Å². The summed E-state index contributed by atoms with van der Waals surface area (Å²) in [5, 5.41) is 12.2. The molecule has 1 aromatic heterocycles. The molecule has 2 atom stereocenters. The minimum Gasteiger partial charge on any atom is -0.385 e. The normalized spacial score (nSPS) is 20.2. The molecule has 9 heteroatoms. The van der Waals surface area contributed by atoms with Gasteiger partial charge in [-0.3, -0.25) is 19.7 Å². The first kappa shape index (κ1) is 21.1. The van der Waals surface area contributed by atoms with E-state index >= 15 is 0 Å². The smallest absolute Gasteiger partial charge is 0.269 e. The van der Waals surface area contributed by atoms with Crippen LogP contribution in [0.1, 0.15) is 29.3 Å². The van der Waals surface area contributed by atoms with E-state index in [9.17, 15) is 19.7 Å². The van der Waals surface area contributed by atoms with Gasteiger partial charge in [-0.1, -0.05) is 18.2 Å². The van der Waals surface area contributed by atoms with Crippen molar-refractivity contribution in [3.8, 4) is 0 Å². The number of non-ortho nitro benzene ring substituents is 1. The van der Waals surface area contributed by atoms with Gasteiger partial charge < -0.3 is 19.5 Å². The van der Waals surface area contributed by atoms with Gasteiger partial charge in [0.15, 0.2) is 0 Å². The first-order valence-electron chi connectivity index (χ1n) is 10.9. The quantitative estimate of drug-likeness (QED) is 0.354. The summed E-state index contributed by atoms with van der Waals surface area (Å²) in [6.07, 6.45) is 1.08. The monoisotopic (exact) mass is 448 g/mol. The zero-order valence-corrected chi connectivity index (χ0v) is 18.2. The van der Waals surface area contributed by atoms with Gasteiger partial charge in [-0.15, -0.1) is 0 Å². The first-order valence-corrected chi connectivity index (χ1v) is 10.9. The zero-order chi connectivity index (χ0) is 23.1. The van der Waals surface area contributed by atoms with Crippen LogP contribution >= 0.6 is 0 Å². The third-order valence-electron chi connectivity index (χ3n) is 6.54. The zero-order valence-electron chi connectivity index (χ0n) is 18.2. The number of hydrogen-bond donors (Lipinski definition) is 1. The number of nitrogens with one attached hydrogen (secondary N) is 1. The Labute approximate surface area is 190 Å². The lowest BCUT2D eigenvalue weighted by atomic mass is 9.86. The van der Waals surface area contributed by atoms with E-state index < -0.39 is 17.0 Å². The number of fused-ring (bicyclic) bond motifs is 4. The van der Waals surface area contributed by atoms with Crippen LogP contribution in [0.2, 0.25) is 0 Å². The average Bonchev–Trinajstić information content (AvgIpc) is 3.19. The number of para-hydroxylation sites is 1. The summed E-state index contributed by atoms with van der Waals surface area (Å²) >= 11 is 0. The SMILES string of the molecule is COCCCN1CC(=O)N2[C@H](c3ccc([N+](=O)[O-])cc3)c3[nH]c4ccccc4c3C[C@@H]2C1=O. The van der Waals surface area contributed by atoms with Gasteiger partial charge in [-0.2, -0.15) is 0 Å². The van der Waals surface area contributed by atoms with Crippen molar-refractivity contribution in [2.24, 2.45) is 0 Å². The number of carbonyl (C=O) groups is 2. The Balaban J connectivity index is 1.60. The summed E-state index contributed by atoms with van der Waals surface area (Å²) in [7, 11) is 1.61. The van der Waals surface area contributed by atoms with E-state index in [0.29, 0.717) is 26.0 Å². The molecule has 1 saturated heterocycles. The molecule has 1 fully saturated rings. The lowest BCUT2D eigenvalue weighted by Gasteiger charge is -2.47. The molecule has 2 aromatic carbocycles. The predicted molar refractivity (Wildman–Crippen MR) is 121 cm³/mol. The molecule has 3 heterocycles. The third-order valence-corrected chi connectivity index (χ3v) is 6.54. The van der Waals surface area contributed by atoms with Crippen LogP contribution in [0.15, 0.2) is 48.5 Å². The van der Waals surface area contributed by atoms with Gasteiger partial charge in [0, 0.05) is 55.4 Å². The summed E-state index contributed by atoms with van der Waals surface area (Å²) in [5.41, 5.74) is 3.51. The molecule has 0 bridgehead atoms. The fourth-order valence-electron chi connectivity index (χ4n) is 5.04. The number of aromatic amines is 1. The van der Waals surface area contributed by atoms with E-state index in [-0.39, 0.29) is 24.0 Å². The Morgan fingerprint density at radius 1 is 1.15 bits per heavy atom. The van der Waals surface area contributed by atoms with Crippen molar-refractivity contribution in [1.82, 2.24) is 14.8 Å². The molecule has 0 aliphatic carbocycles. The molecule has 1 N–H and O–H groups in total. The Kier molecular flexibility index (Phi) is 5.33. The maximum absolute atomic E-state index is 13.5. The highest BCUT2D eigenvalue weighted by molar-refractivity contribution is 5.97. The predicted octanol–water partition coefficient (Wildman–Crippen LogP) is 2.80. The fourth-order valence-corrected chi connectivity index (χ4v) is 5.04. The van der Waals surface area contributed by atoms with Gasteiger partial charge in [-0.25, -0.2) is 0 Å². The highest BCUT2D eigenvalue weighted by Crippen LogP contribution is 2.42. The van der Waals surface area contributed by atoms with Crippen molar-refractivity contribution in [2.45, 2.75) is 24.9 Å². The van der Waals surface area contributed by atoms with Crippen LogP contribution in [0.5, 0.6) is 0 Å². The summed E-state index contributed by atoms with van der Waals surface area (Å²) in [6.45, 7) is 0.994. The minimum absolute atomic E-state index is 0.0120. The van der Waals surface area contributed by atoms with Crippen LogP contribution in [0.3, 0.4) is 0 Å². The maximum Gasteiger partial charge on any atom is 0.269 e. The number of rotatable bonds is 6. The largest absolute Gasteiger partial charge is 0.385 e. The van der Waals surface area contributed by atoms with Gasteiger partial charge in [0.1, 0.15) is 6.04 Å². The number of hydrogen-bond acceptors (Lipinski definition) is 5. The van der Waals surface area contributed by atoms with Crippen LogP contribution in [0, 0.1) is 10.1 Å². The van der Waals surface area contributed by atoms with Gasteiger partial charge in [0.2, 0.25) is 11.8 Å². The highest BCUT2D eigenvalue weighted by Gasteiger charge is 2.48. The number of aromatic nitrogens is 1. The van der Waals surface area contributed by atoms with Crippen LogP contribution in [-0.2, 0) is 20.7 Å². The number of nitrogens with zero attached hydrogens (tertiary/aromatic N) is 3. The first-order chi connectivity index (χ1) is 16.0. The molecule has 0 radical (unpaired) electrons. The molecule has 170 valence electrons. The number of nitro groups is 1. The number of piperazine rings is 1. The Morgan fingerprint density at radius 2 is 1.91 bits per heavy atom. The molecule has 3 aromatic rings. The van der Waals surface area contributed by atoms with Crippen molar-refractivity contribution in [3.05, 3.63) is 75.5 Å². The molecule has 0 saturated carbocycles. The molecule has 5 rings (SSSR count). The average molecular weight is 448 g/mol. The molecule has 2 aliphatic rings. The van der Waals surface area contributed by atoms with E-state index in [1.54, 1.807) is 29.0 Å². The molecule has 2 aliphatic heterocycles. The maximum atomic E-state index is 13.5. The van der Waals surface area contributed by atoms with Gasteiger partial charge in [-0.05, 0) is 35.7 Å². The molecular formula is C24H24N4O5. The van der Waals surface area contributed by atoms with Gasteiger partial charge in [0.05, 0.1) is 17.5 Å². The second-order valence-corrected chi connectivity index (χ2v) is 8.44. The number of nitro benzene ring substituents is 1. The fraction of sp³-hybridized carbons (Fsp3) is 0.333. The van der Waals surface area contributed by atoms with E-state index in [2.05, 4.69) is 4.98 Å². The van der Waals surface area contributed by atoms with Crippen molar-refractivity contribution in [1.29, 1.82) is 0 Å². The minimum atomic E-state index is -0.624. The second-order valence-electron chi connectivity index (χ2n) is 8.44. The van der Waals surface area contributed by atoms with Gasteiger partial charge in [0.25, 0.3) is 5.69 Å². The van der Waals surface area contributed by atoms with E-state index in [1.807, 2.05) is 24.3 Å². The van der Waals surface area contributed by atoms with E-state index in [0.717, 1.165) is 27.7 Å². The summed E-state index contributed by atoms with van der Waals surface area (Å²) in [4.78, 5) is 44.3. The lowest BCUT2D eigenvalue weighted by molar-refractivity contribution is -0.384. The Hall–Kier alpha value is -3.72. The molecule has 33 heavy (non-hydrogen) atoms. The number of amides is 2. The molecule has 2 amide bonds. The van der Waals surface area contributed by atoms with Gasteiger partial charge >= 0.3 is 0 Å². The number of ether oxygens (including phenoxy) is 1. The van der Waals surface area contributed by atoms with Crippen LogP contribution in [-0.4, -0.2) is 64.4 Å². The molecule has 0 spiro atoms. The van der Waals surface area contributed by atoms with Crippen molar-refractivity contribution >= 4 is 28.4 Å². The number of methoxy groups -OCH3 is 1. The number of carbonyl (C=O) groups excluding carboxylic acids is 2. The molecule has 9 nitrogen and oxygen atoms in total. The lowest BCUT2D eigenvalue weighted by Crippen LogP contribution is -2.63. The summed E-state index contributed by atoms with van der Waals surface area (Å²) in [6, 6.07) is 12.9. The van der Waals surface area contributed by atoms with Crippen molar-refractivity contribution < 1.29 is 19.2 Å². The van der Waals surface area contributed by atoms with E-state index in [4.69, 9.17) is 4.74 Å². The third kappa shape index (κ3) is 3.54. The standard InChI is InChI=1S/C24H24N4O5/c1-33-12-4-11-26-14-21(29)27-20(24(26)30)13-18-17-5-2-3-6-19(17)25-22(18)23(27)15-7-9-16(10-8-15)28(31)32/h2-3,5-10,20,23,25H,4,11-14H2,1H3/t20-,23-/m1/s1. The highest BCUT2D eigenvalue weighted by atomic mass is 16.6. The Morgan fingerprint density at radius 3 is 2.64 bits per heavy atom. The summed E-state index contributed by atoms with van der Waals surface area (Å²) < 4.78 is 5.10. The Bertz CT molecular complexity index is 1240. The topological polar surface area (TPSA) is 109 Å². The molecular weight excluding hydrogens is 424 g/mol. The van der Waals surface area contributed by atoms with Crippen LogP contribution in [0.25, 0.3) is 10.9 Å². The van der Waals surface area contributed by atoms with E-state index in [1.165, 1.54) is 12.1 Å².